The van der Waals surface area contributed by atoms with Crippen LogP contribution in [0.15, 0.2) is 0 Å². The predicted molar refractivity (Wildman–Crippen MR) is 83.8 cm³/mol. The lowest BCUT2D eigenvalue weighted by Gasteiger charge is -2.41. The van der Waals surface area contributed by atoms with Crippen molar-refractivity contribution >= 4 is 5.97 Å². The summed E-state index contributed by atoms with van der Waals surface area (Å²) in [6, 6.07) is 0. The predicted octanol–water partition coefficient (Wildman–Crippen LogP) is 4.01. The van der Waals surface area contributed by atoms with Crippen molar-refractivity contribution in [3.05, 3.63) is 0 Å². The van der Waals surface area contributed by atoms with Crippen LogP contribution in [0.25, 0.3) is 0 Å². The van der Waals surface area contributed by atoms with Crippen molar-refractivity contribution in [2.45, 2.75) is 72.1 Å². The molecule has 1 fully saturated rings. The van der Waals surface area contributed by atoms with Crippen LogP contribution in [0.2, 0.25) is 0 Å². The van der Waals surface area contributed by atoms with Crippen LogP contribution in [0.3, 0.4) is 0 Å². The molecule has 0 N–H and O–H groups in total. The van der Waals surface area contributed by atoms with Crippen LogP contribution >= 0.6 is 0 Å². The number of rotatable bonds is 9. The summed E-state index contributed by atoms with van der Waals surface area (Å²) in [5.74, 6) is -0.0406. The number of ether oxygens (including phenoxy) is 1. The van der Waals surface area contributed by atoms with E-state index in [9.17, 15) is 4.79 Å². The Balaban J connectivity index is 2.06. The Kier molecular flexibility index (Phi) is 8.20. The summed E-state index contributed by atoms with van der Waals surface area (Å²) >= 11 is 0. The average molecular weight is 283 g/mol. The van der Waals surface area contributed by atoms with E-state index >= 15 is 0 Å². The zero-order chi connectivity index (χ0) is 14.8. The summed E-state index contributed by atoms with van der Waals surface area (Å²) in [6.07, 6.45) is 9.30. The molecule has 20 heavy (non-hydrogen) atoms. The lowest BCUT2D eigenvalue weighted by atomic mass is 9.74. The van der Waals surface area contributed by atoms with E-state index in [1.54, 1.807) is 0 Å². The minimum absolute atomic E-state index is 0.0406. The Labute approximate surface area is 125 Å². The third-order valence-electron chi connectivity index (χ3n) is 5.08. The molecule has 1 saturated heterocycles. The van der Waals surface area contributed by atoms with E-state index in [0.29, 0.717) is 18.4 Å². The molecule has 0 saturated carbocycles. The van der Waals surface area contributed by atoms with Gasteiger partial charge in [0.2, 0.25) is 0 Å². The van der Waals surface area contributed by atoms with Crippen LogP contribution in [0.1, 0.15) is 72.1 Å². The van der Waals surface area contributed by atoms with Crippen LogP contribution in [0, 0.1) is 5.41 Å². The van der Waals surface area contributed by atoms with E-state index in [-0.39, 0.29) is 5.97 Å². The van der Waals surface area contributed by atoms with Crippen LogP contribution in [-0.4, -0.2) is 37.1 Å². The lowest BCUT2D eigenvalue weighted by Crippen LogP contribution is -2.39. The molecular formula is C17H33NO2. The molecule has 0 radical (unpaired) electrons. The zero-order valence-electron chi connectivity index (χ0n) is 13.7. The van der Waals surface area contributed by atoms with E-state index in [0.717, 1.165) is 12.8 Å². The van der Waals surface area contributed by atoms with Crippen LogP contribution in [-0.2, 0) is 9.53 Å². The molecule has 1 aliphatic heterocycles. The molecule has 0 aromatic carbocycles. The maximum absolute atomic E-state index is 11.2. The summed E-state index contributed by atoms with van der Waals surface area (Å²) in [5, 5.41) is 0. The third kappa shape index (κ3) is 5.82. The Bertz CT molecular complexity index is 264. The summed E-state index contributed by atoms with van der Waals surface area (Å²) in [5.41, 5.74) is 0.625. The second-order valence-electron chi connectivity index (χ2n) is 6.16. The molecule has 118 valence electrons. The maximum atomic E-state index is 11.2. The third-order valence-corrected chi connectivity index (χ3v) is 5.08. The Hall–Kier alpha value is -0.570. The molecule has 1 rings (SSSR count). The molecular weight excluding hydrogens is 250 g/mol. The molecule has 0 aromatic rings. The first-order valence-corrected chi connectivity index (χ1v) is 8.53. The highest BCUT2D eigenvalue weighted by Crippen LogP contribution is 2.37. The molecule has 0 spiro atoms. The van der Waals surface area contributed by atoms with Crippen molar-refractivity contribution in [2.75, 3.05) is 26.2 Å². The van der Waals surface area contributed by atoms with E-state index in [2.05, 4.69) is 18.7 Å². The average Bonchev–Trinajstić information content (AvgIpc) is 2.48. The molecule has 3 nitrogen and oxygen atoms in total. The molecule has 0 aromatic heterocycles. The number of carbonyl (C=O) groups excluding carboxylic acids is 1. The zero-order valence-corrected chi connectivity index (χ0v) is 13.7. The highest BCUT2D eigenvalue weighted by molar-refractivity contribution is 5.69. The van der Waals surface area contributed by atoms with Crippen LogP contribution in [0.5, 0.6) is 0 Å². The van der Waals surface area contributed by atoms with Gasteiger partial charge in [-0.15, -0.1) is 0 Å². The van der Waals surface area contributed by atoms with E-state index < -0.39 is 0 Å². The minimum Gasteiger partial charge on any atom is -0.466 e. The Morgan fingerprint density at radius 1 is 1.05 bits per heavy atom. The van der Waals surface area contributed by atoms with Gasteiger partial charge in [0.05, 0.1) is 6.61 Å². The van der Waals surface area contributed by atoms with Gasteiger partial charge in [-0.2, -0.15) is 0 Å². The largest absolute Gasteiger partial charge is 0.466 e. The SMILES string of the molecule is CCOC(=O)CCCCCN1CCC(CC)(CC)CC1. The van der Waals surface area contributed by atoms with Gasteiger partial charge in [0.1, 0.15) is 0 Å². The van der Waals surface area contributed by atoms with E-state index in [1.165, 1.54) is 51.7 Å². The van der Waals surface area contributed by atoms with Gasteiger partial charge in [0.15, 0.2) is 0 Å². The Morgan fingerprint density at radius 2 is 1.70 bits per heavy atom. The molecule has 3 heteroatoms. The van der Waals surface area contributed by atoms with Gasteiger partial charge < -0.3 is 9.64 Å². The molecule has 0 unspecified atom stereocenters. The van der Waals surface area contributed by atoms with Crippen molar-refractivity contribution in [2.24, 2.45) is 5.41 Å². The fourth-order valence-corrected chi connectivity index (χ4v) is 3.22. The van der Waals surface area contributed by atoms with Gasteiger partial charge in [0, 0.05) is 6.42 Å². The minimum atomic E-state index is -0.0406. The number of likely N-dealkylation sites (tertiary alicyclic amines) is 1. The smallest absolute Gasteiger partial charge is 0.305 e. The standard InChI is InChI=1S/C17H33NO2/c1-4-17(5-2)11-14-18(15-12-17)13-9-7-8-10-16(19)20-6-3/h4-15H2,1-3H3. The second kappa shape index (κ2) is 9.38. The highest BCUT2D eigenvalue weighted by Gasteiger charge is 2.30. The van der Waals surface area contributed by atoms with Gasteiger partial charge in [-0.05, 0) is 57.7 Å². The van der Waals surface area contributed by atoms with Crippen molar-refractivity contribution in [3.8, 4) is 0 Å². The van der Waals surface area contributed by atoms with Crippen molar-refractivity contribution in [1.29, 1.82) is 0 Å². The van der Waals surface area contributed by atoms with Gasteiger partial charge in [-0.1, -0.05) is 33.1 Å². The first-order chi connectivity index (χ1) is 9.65. The molecule has 0 bridgehead atoms. The molecule has 1 heterocycles. The van der Waals surface area contributed by atoms with Crippen LogP contribution in [0.4, 0.5) is 0 Å². The fourth-order valence-electron chi connectivity index (χ4n) is 3.22. The quantitative estimate of drug-likeness (QED) is 0.473. The first-order valence-electron chi connectivity index (χ1n) is 8.53. The van der Waals surface area contributed by atoms with Crippen molar-refractivity contribution in [3.63, 3.8) is 0 Å². The van der Waals surface area contributed by atoms with Gasteiger partial charge >= 0.3 is 5.97 Å². The summed E-state index contributed by atoms with van der Waals surface area (Å²) in [6.45, 7) is 10.8. The molecule has 0 amide bonds. The normalized spacial score (nSPS) is 18.9. The van der Waals surface area contributed by atoms with Crippen molar-refractivity contribution < 1.29 is 9.53 Å². The number of nitrogens with zero attached hydrogens (tertiary/aromatic N) is 1. The van der Waals surface area contributed by atoms with E-state index in [4.69, 9.17) is 4.74 Å². The van der Waals surface area contributed by atoms with Gasteiger partial charge in [-0.3, -0.25) is 4.79 Å². The maximum Gasteiger partial charge on any atom is 0.305 e. The molecule has 0 aliphatic carbocycles. The fraction of sp³-hybridized carbons (Fsp3) is 0.941. The summed E-state index contributed by atoms with van der Waals surface area (Å²) in [4.78, 5) is 13.8. The number of unbranched alkanes of at least 4 members (excludes halogenated alkanes) is 2. The highest BCUT2D eigenvalue weighted by atomic mass is 16.5. The number of carbonyl (C=O) groups is 1. The molecule has 1 aliphatic rings. The van der Waals surface area contributed by atoms with E-state index in [1.807, 2.05) is 6.92 Å². The second-order valence-corrected chi connectivity index (χ2v) is 6.16. The van der Waals surface area contributed by atoms with Gasteiger partial charge in [0.25, 0.3) is 0 Å². The summed E-state index contributed by atoms with van der Waals surface area (Å²) in [7, 11) is 0. The van der Waals surface area contributed by atoms with Gasteiger partial charge in [-0.25, -0.2) is 0 Å². The first kappa shape index (κ1) is 17.5. The number of piperidine rings is 1. The number of hydrogen-bond acceptors (Lipinski definition) is 3. The number of hydrogen-bond donors (Lipinski definition) is 0. The summed E-state index contributed by atoms with van der Waals surface area (Å²) < 4.78 is 4.94. The monoisotopic (exact) mass is 283 g/mol. The van der Waals surface area contributed by atoms with Crippen LogP contribution < -0.4 is 0 Å². The topological polar surface area (TPSA) is 29.5 Å². The lowest BCUT2D eigenvalue weighted by molar-refractivity contribution is -0.143. The number of esters is 1. The Morgan fingerprint density at radius 3 is 2.25 bits per heavy atom. The molecule has 0 atom stereocenters. The van der Waals surface area contributed by atoms with Crippen molar-refractivity contribution in [1.82, 2.24) is 4.90 Å².